The number of carbonyl (C=O) groups excluding carboxylic acids is 1. The first-order chi connectivity index (χ1) is 13.3. The number of halogens is 1. The average Bonchev–Trinajstić information content (AvgIpc) is 2.67. The lowest BCUT2D eigenvalue weighted by Gasteiger charge is -2.33. The normalized spacial score (nSPS) is 17.4. The second-order valence-corrected chi connectivity index (χ2v) is 9.64. The largest absolute Gasteiger partial charge is 0.341 e. The second-order valence-electron chi connectivity index (χ2n) is 7.34. The summed E-state index contributed by atoms with van der Waals surface area (Å²) in [6, 6.07) is 13.2. The Hall–Kier alpha value is -2.05. The zero-order valence-corrected chi connectivity index (χ0v) is 17.7. The number of piperidine rings is 1. The Morgan fingerprint density at radius 2 is 1.86 bits per heavy atom. The molecule has 1 saturated heterocycles. The van der Waals surface area contributed by atoms with Gasteiger partial charge in [0.2, 0.25) is 5.91 Å². The summed E-state index contributed by atoms with van der Waals surface area (Å²) in [5.74, 6) is 0.254. The zero-order chi connectivity index (χ0) is 20.3. The highest BCUT2D eigenvalue weighted by atomic mass is 35.5. The van der Waals surface area contributed by atoms with Crippen molar-refractivity contribution in [2.24, 2.45) is 5.92 Å². The molecule has 0 radical (unpaired) electrons. The topological polar surface area (TPSA) is 57.7 Å². The van der Waals surface area contributed by atoms with Crippen molar-refractivity contribution in [3.63, 3.8) is 0 Å². The summed E-state index contributed by atoms with van der Waals surface area (Å²) in [7, 11) is -3.91. The third-order valence-corrected chi connectivity index (χ3v) is 7.10. The molecule has 28 heavy (non-hydrogen) atoms. The zero-order valence-electron chi connectivity index (χ0n) is 16.1. The van der Waals surface area contributed by atoms with Gasteiger partial charge in [0, 0.05) is 18.1 Å². The number of carbonyl (C=O) groups is 1. The molecule has 1 fully saturated rings. The molecule has 1 heterocycles. The van der Waals surface area contributed by atoms with Gasteiger partial charge in [0.25, 0.3) is 10.0 Å². The Kier molecular flexibility index (Phi) is 6.30. The summed E-state index contributed by atoms with van der Waals surface area (Å²) < 4.78 is 28.0. The van der Waals surface area contributed by atoms with Gasteiger partial charge in [-0.3, -0.25) is 9.10 Å². The van der Waals surface area contributed by atoms with E-state index in [-0.39, 0.29) is 17.3 Å². The van der Waals surface area contributed by atoms with Crippen LogP contribution in [-0.4, -0.2) is 38.9 Å². The van der Waals surface area contributed by atoms with Crippen LogP contribution >= 0.6 is 11.6 Å². The third kappa shape index (κ3) is 4.50. The van der Waals surface area contributed by atoms with E-state index in [1.54, 1.807) is 29.2 Å². The molecule has 0 spiro atoms. The fraction of sp³-hybridized carbons (Fsp3) is 0.381. The van der Waals surface area contributed by atoms with E-state index in [0.29, 0.717) is 29.7 Å². The minimum Gasteiger partial charge on any atom is -0.341 e. The van der Waals surface area contributed by atoms with Crippen molar-refractivity contribution in [3.8, 4) is 0 Å². The van der Waals surface area contributed by atoms with Crippen LogP contribution in [0.3, 0.4) is 0 Å². The number of anilines is 1. The molecule has 5 nitrogen and oxygen atoms in total. The van der Waals surface area contributed by atoms with Crippen molar-refractivity contribution >= 4 is 33.2 Å². The van der Waals surface area contributed by atoms with Gasteiger partial charge in [-0.2, -0.15) is 0 Å². The van der Waals surface area contributed by atoms with Crippen LogP contribution in [0.15, 0.2) is 53.4 Å². The van der Waals surface area contributed by atoms with Gasteiger partial charge in [-0.05, 0) is 61.6 Å². The molecule has 1 atom stereocenters. The number of aryl methyl sites for hydroxylation is 1. The van der Waals surface area contributed by atoms with Crippen LogP contribution < -0.4 is 4.31 Å². The first-order valence-corrected chi connectivity index (χ1v) is 11.2. The number of likely N-dealkylation sites (tertiary alicyclic amines) is 1. The first-order valence-electron chi connectivity index (χ1n) is 9.41. The minimum atomic E-state index is -3.91. The van der Waals surface area contributed by atoms with Gasteiger partial charge in [-0.1, -0.05) is 36.7 Å². The van der Waals surface area contributed by atoms with Gasteiger partial charge in [0.1, 0.15) is 6.54 Å². The SMILES string of the molecule is Cc1ccccc1N(CC(=O)N1CCC[C@H](C)C1)S(=O)(=O)c1ccc(Cl)cc1. The molecule has 0 aromatic heterocycles. The number of sulfonamides is 1. The summed E-state index contributed by atoms with van der Waals surface area (Å²) >= 11 is 5.91. The highest BCUT2D eigenvalue weighted by Gasteiger charge is 2.31. The molecule has 3 rings (SSSR count). The summed E-state index contributed by atoms with van der Waals surface area (Å²) in [5.41, 5.74) is 1.30. The highest BCUT2D eigenvalue weighted by Crippen LogP contribution is 2.28. The van der Waals surface area contributed by atoms with Crippen LogP contribution in [0.25, 0.3) is 0 Å². The molecule has 0 aliphatic carbocycles. The Morgan fingerprint density at radius 3 is 2.50 bits per heavy atom. The van der Waals surface area contributed by atoms with Crippen LogP contribution in [0.4, 0.5) is 5.69 Å². The standard InChI is InChI=1S/C21H25ClN2O3S/c1-16-6-5-13-23(14-16)21(25)15-24(20-8-4-3-7-17(20)2)28(26,27)19-11-9-18(22)10-12-19/h3-4,7-12,16H,5-6,13-15H2,1-2H3/t16-/m0/s1. The van der Waals surface area contributed by atoms with Crippen LogP contribution in [-0.2, 0) is 14.8 Å². The lowest BCUT2D eigenvalue weighted by atomic mass is 10.0. The number of hydrogen-bond donors (Lipinski definition) is 0. The monoisotopic (exact) mass is 420 g/mol. The summed E-state index contributed by atoms with van der Waals surface area (Å²) in [6.07, 6.45) is 2.04. The molecule has 150 valence electrons. The van der Waals surface area contributed by atoms with Crippen LogP contribution in [0.2, 0.25) is 5.02 Å². The van der Waals surface area contributed by atoms with Gasteiger partial charge in [-0.25, -0.2) is 8.42 Å². The summed E-state index contributed by atoms with van der Waals surface area (Å²) in [6.45, 7) is 5.08. The predicted molar refractivity (Wildman–Crippen MR) is 112 cm³/mol. The molecule has 0 N–H and O–H groups in total. The van der Waals surface area contributed by atoms with Gasteiger partial charge in [0.05, 0.1) is 10.6 Å². The van der Waals surface area contributed by atoms with Crippen LogP contribution in [0.5, 0.6) is 0 Å². The van der Waals surface area contributed by atoms with Gasteiger partial charge < -0.3 is 4.90 Å². The van der Waals surface area contributed by atoms with E-state index < -0.39 is 10.0 Å². The molecular weight excluding hydrogens is 396 g/mol. The Morgan fingerprint density at radius 1 is 1.18 bits per heavy atom. The van der Waals surface area contributed by atoms with E-state index >= 15 is 0 Å². The van der Waals surface area contributed by atoms with Crippen molar-refractivity contribution in [2.45, 2.75) is 31.6 Å². The fourth-order valence-corrected chi connectivity index (χ4v) is 5.12. The number of benzene rings is 2. The maximum Gasteiger partial charge on any atom is 0.264 e. The number of para-hydroxylation sites is 1. The number of amides is 1. The Balaban J connectivity index is 1.97. The van der Waals surface area contributed by atoms with E-state index in [9.17, 15) is 13.2 Å². The number of hydrogen-bond acceptors (Lipinski definition) is 3. The third-order valence-electron chi connectivity index (χ3n) is 5.07. The molecule has 2 aromatic carbocycles. The lowest BCUT2D eigenvalue weighted by molar-refractivity contribution is -0.131. The molecule has 0 saturated carbocycles. The predicted octanol–water partition coefficient (Wildman–Crippen LogP) is 4.10. The van der Waals surface area contributed by atoms with Crippen LogP contribution in [0.1, 0.15) is 25.3 Å². The fourth-order valence-electron chi connectivity index (χ4n) is 3.52. The first kappa shape index (κ1) is 20.7. The van der Waals surface area contributed by atoms with E-state index in [4.69, 9.17) is 11.6 Å². The highest BCUT2D eigenvalue weighted by molar-refractivity contribution is 7.92. The number of nitrogens with zero attached hydrogens (tertiary/aromatic N) is 2. The van der Waals surface area contributed by atoms with Crippen molar-refractivity contribution in [1.29, 1.82) is 0 Å². The Bertz CT molecular complexity index is 944. The van der Waals surface area contributed by atoms with Crippen LogP contribution in [0, 0.1) is 12.8 Å². The number of rotatable bonds is 5. The van der Waals surface area contributed by atoms with Gasteiger partial charge >= 0.3 is 0 Å². The van der Waals surface area contributed by atoms with E-state index in [2.05, 4.69) is 6.92 Å². The van der Waals surface area contributed by atoms with Crippen molar-refractivity contribution in [1.82, 2.24) is 4.90 Å². The van der Waals surface area contributed by atoms with Crippen molar-refractivity contribution in [2.75, 3.05) is 23.9 Å². The molecule has 1 aliphatic rings. The second kappa shape index (κ2) is 8.53. The molecule has 1 amide bonds. The maximum absolute atomic E-state index is 13.4. The Labute approximate surface area is 172 Å². The summed E-state index contributed by atoms with van der Waals surface area (Å²) in [5, 5.41) is 0.458. The quantitative estimate of drug-likeness (QED) is 0.731. The minimum absolute atomic E-state index is 0.111. The smallest absolute Gasteiger partial charge is 0.264 e. The van der Waals surface area contributed by atoms with Crippen molar-refractivity contribution in [3.05, 3.63) is 59.1 Å². The molecule has 7 heteroatoms. The molecule has 2 aromatic rings. The molecule has 1 aliphatic heterocycles. The molecular formula is C21H25ClN2O3S. The molecule has 0 bridgehead atoms. The van der Waals surface area contributed by atoms with E-state index in [0.717, 1.165) is 18.4 Å². The lowest BCUT2D eigenvalue weighted by Crippen LogP contribution is -2.46. The van der Waals surface area contributed by atoms with Gasteiger partial charge in [0.15, 0.2) is 0 Å². The van der Waals surface area contributed by atoms with E-state index in [1.165, 1.54) is 16.4 Å². The van der Waals surface area contributed by atoms with Gasteiger partial charge in [-0.15, -0.1) is 0 Å². The average molecular weight is 421 g/mol. The van der Waals surface area contributed by atoms with Crippen molar-refractivity contribution < 1.29 is 13.2 Å². The summed E-state index contributed by atoms with van der Waals surface area (Å²) in [4.78, 5) is 14.9. The van der Waals surface area contributed by atoms with E-state index in [1.807, 2.05) is 19.1 Å². The molecule has 0 unspecified atom stereocenters. The maximum atomic E-state index is 13.4.